The lowest BCUT2D eigenvalue weighted by atomic mass is 10.2. The largest absolute Gasteiger partial charge is 0.395 e. The standard InChI is InChI=1S/C9H11BrN2O4S/c10-4-2-12(9(16)11-8(4)15)7-1-5(14)6(3-13)17-7/h2,5-7,13-14H,1,3H2,(H,11,15,16)/t5?,6-,7+/m1/s1. The van der Waals surface area contributed by atoms with Gasteiger partial charge in [-0.25, -0.2) is 4.79 Å². The van der Waals surface area contributed by atoms with Gasteiger partial charge in [0.25, 0.3) is 5.56 Å². The van der Waals surface area contributed by atoms with E-state index >= 15 is 0 Å². The Morgan fingerprint density at radius 3 is 2.88 bits per heavy atom. The van der Waals surface area contributed by atoms with Gasteiger partial charge in [0, 0.05) is 12.6 Å². The second-order valence-corrected chi connectivity index (χ2v) is 6.03. The minimum absolute atomic E-state index is 0.137. The van der Waals surface area contributed by atoms with Crippen LogP contribution in [0.3, 0.4) is 0 Å². The maximum atomic E-state index is 11.6. The molecular formula is C9H11BrN2O4S. The van der Waals surface area contributed by atoms with E-state index in [1.54, 1.807) is 0 Å². The molecule has 0 bridgehead atoms. The SMILES string of the molecule is O=c1[nH]c(=O)n([C@@H]2CC(O)[C@@H](CO)S2)cc1Br. The lowest BCUT2D eigenvalue weighted by molar-refractivity contribution is 0.137. The average Bonchev–Trinajstić information content (AvgIpc) is 2.65. The highest BCUT2D eigenvalue weighted by Gasteiger charge is 2.34. The molecule has 17 heavy (non-hydrogen) atoms. The van der Waals surface area contributed by atoms with Crippen molar-refractivity contribution in [3.63, 3.8) is 0 Å². The molecule has 3 N–H and O–H groups in total. The predicted octanol–water partition coefficient (Wildman–Crippen LogP) is -0.344. The first kappa shape index (κ1) is 12.9. The van der Waals surface area contributed by atoms with Crippen molar-refractivity contribution in [2.75, 3.05) is 6.61 Å². The highest BCUT2D eigenvalue weighted by molar-refractivity contribution is 9.10. The molecule has 0 saturated carbocycles. The van der Waals surface area contributed by atoms with E-state index in [1.807, 2.05) is 0 Å². The number of nitrogens with zero attached hydrogens (tertiary/aromatic N) is 1. The number of H-pyrrole nitrogens is 1. The second-order valence-electron chi connectivity index (χ2n) is 3.76. The number of aliphatic hydroxyl groups excluding tert-OH is 2. The first-order valence-electron chi connectivity index (χ1n) is 4.98. The van der Waals surface area contributed by atoms with Crippen LogP contribution < -0.4 is 11.2 Å². The Hall–Kier alpha value is -0.570. The summed E-state index contributed by atoms with van der Waals surface area (Å²) in [7, 11) is 0. The molecule has 1 aliphatic rings. The molecule has 1 aromatic heterocycles. The molecule has 1 saturated heterocycles. The molecular weight excluding hydrogens is 312 g/mol. The Kier molecular flexibility index (Phi) is 3.76. The maximum Gasteiger partial charge on any atom is 0.329 e. The van der Waals surface area contributed by atoms with E-state index < -0.39 is 17.4 Å². The molecule has 8 heteroatoms. The van der Waals surface area contributed by atoms with Gasteiger partial charge in [0.05, 0.1) is 27.8 Å². The molecule has 94 valence electrons. The molecule has 0 radical (unpaired) electrons. The zero-order chi connectivity index (χ0) is 12.6. The maximum absolute atomic E-state index is 11.6. The van der Waals surface area contributed by atoms with E-state index in [9.17, 15) is 14.7 Å². The number of halogens is 1. The Balaban J connectivity index is 2.34. The lowest BCUT2D eigenvalue weighted by Crippen LogP contribution is -2.31. The fraction of sp³-hybridized carbons (Fsp3) is 0.556. The lowest BCUT2D eigenvalue weighted by Gasteiger charge is -2.12. The number of aromatic amines is 1. The average molecular weight is 323 g/mol. The second kappa shape index (κ2) is 4.97. The normalized spacial score (nSPS) is 28.5. The van der Waals surface area contributed by atoms with Crippen molar-refractivity contribution in [3.05, 3.63) is 31.5 Å². The summed E-state index contributed by atoms with van der Waals surface area (Å²) >= 11 is 4.37. The summed E-state index contributed by atoms with van der Waals surface area (Å²) < 4.78 is 1.62. The van der Waals surface area contributed by atoms with E-state index in [1.165, 1.54) is 22.5 Å². The number of aliphatic hydroxyl groups is 2. The van der Waals surface area contributed by atoms with Gasteiger partial charge in [-0.1, -0.05) is 0 Å². The monoisotopic (exact) mass is 322 g/mol. The first-order valence-corrected chi connectivity index (χ1v) is 6.72. The number of thioether (sulfide) groups is 1. The minimum Gasteiger partial charge on any atom is -0.395 e. The molecule has 0 amide bonds. The topological polar surface area (TPSA) is 95.3 Å². The molecule has 3 atom stereocenters. The van der Waals surface area contributed by atoms with Crippen LogP contribution >= 0.6 is 27.7 Å². The van der Waals surface area contributed by atoms with Gasteiger partial charge >= 0.3 is 5.69 Å². The zero-order valence-corrected chi connectivity index (χ0v) is 11.1. The Labute approximate surface area is 109 Å². The van der Waals surface area contributed by atoms with Crippen LogP contribution in [0.4, 0.5) is 0 Å². The van der Waals surface area contributed by atoms with Crippen molar-refractivity contribution < 1.29 is 10.2 Å². The van der Waals surface area contributed by atoms with Crippen LogP contribution in [0.15, 0.2) is 20.3 Å². The van der Waals surface area contributed by atoms with Crippen molar-refractivity contribution in [2.24, 2.45) is 0 Å². The summed E-state index contributed by atoms with van der Waals surface area (Å²) in [6.07, 6.45) is 1.13. The summed E-state index contributed by atoms with van der Waals surface area (Å²) in [5.74, 6) is 0. The van der Waals surface area contributed by atoms with Gasteiger partial charge in [-0.15, -0.1) is 11.8 Å². The van der Waals surface area contributed by atoms with E-state index in [2.05, 4.69) is 20.9 Å². The van der Waals surface area contributed by atoms with Crippen molar-refractivity contribution in [3.8, 4) is 0 Å². The molecule has 1 fully saturated rings. The van der Waals surface area contributed by atoms with Crippen molar-refractivity contribution in [1.29, 1.82) is 0 Å². The highest BCUT2D eigenvalue weighted by atomic mass is 79.9. The fourth-order valence-electron chi connectivity index (χ4n) is 1.72. The third-order valence-corrected chi connectivity index (χ3v) is 4.73. The summed E-state index contributed by atoms with van der Waals surface area (Å²) in [5, 5.41) is 18.1. The highest BCUT2D eigenvalue weighted by Crippen LogP contribution is 2.40. The minimum atomic E-state index is -0.646. The molecule has 1 aromatic rings. The molecule has 0 spiro atoms. The Morgan fingerprint density at radius 1 is 1.59 bits per heavy atom. The fourth-order valence-corrected chi connectivity index (χ4v) is 3.42. The van der Waals surface area contributed by atoms with E-state index in [0.717, 1.165) is 0 Å². The van der Waals surface area contributed by atoms with Crippen LogP contribution in [0.5, 0.6) is 0 Å². The van der Waals surface area contributed by atoms with Gasteiger partial charge in [0.15, 0.2) is 0 Å². The van der Waals surface area contributed by atoms with Crippen molar-refractivity contribution in [1.82, 2.24) is 9.55 Å². The van der Waals surface area contributed by atoms with E-state index in [0.29, 0.717) is 6.42 Å². The summed E-state index contributed by atoms with van der Waals surface area (Å²) in [4.78, 5) is 25.0. The van der Waals surface area contributed by atoms with Gasteiger partial charge in [-0.2, -0.15) is 0 Å². The van der Waals surface area contributed by atoms with Crippen LogP contribution in [-0.2, 0) is 0 Å². The number of nitrogens with one attached hydrogen (secondary N) is 1. The number of hydrogen-bond donors (Lipinski definition) is 3. The van der Waals surface area contributed by atoms with Crippen molar-refractivity contribution >= 4 is 27.7 Å². The summed E-state index contributed by atoms with van der Waals surface area (Å²) in [6, 6.07) is 0. The van der Waals surface area contributed by atoms with Gasteiger partial charge in [0.1, 0.15) is 0 Å². The van der Waals surface area contributed by atoms with Crippen LogP contribution in [0.2, 0.25) is 0 Å². The van der Waals surface area contributed by atoms with Crippen LogP contribution in [0.25, 0.3) is 0 Å². The smallest absolute Gasteiger partial charge is 0.329 e. The third kappa shape index (κ3) is 2.49. The van der Waals surface area contributed by atoms with Crippen LogP contribution in [0, 0.1) is 0 Å². The van der Waals surface area contributed by atoms with Crippen LogP contribution in [0.1, 0.15) is 11.8 Å². The predicted molar refractivity (Wildman–Crippen MR) is 67.1 cm³/mol. The summed E-state index contributed by atoms with van der Waals surface area (Å²) in [5.41, 5.74) is -0.991. The summed E-state index contributed by atoms with van der Waals surface area (Å²) in [6.45, 7) is -0.137. The van der Waals surface area contributed by atoms with Crippen molar-refractivity contribution in [2.45, 2.75) is 23.1 Å². The molecule has 6 nitrogen and oxygen atoms in total. The molecule has 1 aliphatic heterocycles. The van der Waals surface area contributed by atoms with Gasteiger partial charge in [-0.05, 0) is 15.9 Å². The molecule has 0 aromatic carbocycles. The molecule has 0 aliphatic carbocycles. The van der Waals surface area contributed by atoms with Gasteiger partial charge in [0.2, 0.25) is 0 Å². The molecule has 2 heterocycles. The Morgan fingerprint density at radius 2 is 2.29 bits per heavy atom. The quantitative estimate of drug-likeness (QED) is 0.692. The van der Waals surface area contributed by atoms with Crippen LogP contribution in [-0.4, -0.2) is 37.7 Å². The van der Waals surface area contributed by atoms with Gasteiger partial charge < -0.3 is 10.2 Å². The van der Waals surface area contributed by atoms with Gasteiger partial charge in [-0.3, -0.25) is 14.3 Å². The number of rotatable bonds is 2. The van der Waals surface area contributed by atoms with E-state index in [-0.39, 0.29) is 21.7 Å². The third-order valence-electron chi connectivity index (χ3n) is 2.62. The number of aromatic nitrogens is 2. The molecule has 1 unspecified atom stereocenters. The zero-order valence-electron chi connectivity index (χ0n) is 8.67. The number of hydrogen-bond acceptors (Lipinski definition) is 5. The molecule has 2 rings (SSSR count). The van der Waals surface area contributed by atoms with E-state index in [4.69, 9.17) is 5.11 Å². The Bertz CT molecular complexity index is 528. The first-order chi connectivity index (χ1) is 8.02.